The number of hydrogen-bond acceptors (Lipinski definition) is 4. The van der Waals surface area contributed by atoms with Crippen molar-refractivity contribution in [3.63, 3.8) is 0 Å². The van der Waals surface area contributed by atoms with Gasteiger partial charge in [0.25, 0.3) is 0 Å². The van der Waals surface area contributed by atoms with Crippen LogP contribution in [0.25, 0.3) is 21.9 Å². The maximum atomic E-state index is 12.8. The van der Waals surface area contributed by atoms with E-state index in [1.54, 1.807) is 6.07 Å². The smallest absolute Gasteiger partial charge is 0.335 e. The fraction of sp³-hybridized carbons (Fsp3) is 0.263. The van der Waals surface area contributed by atoms with E-state index in [0.717, 1.165) is 12.0 Å². The Balaban J connectivity index is 2.28. The van der Waals surface area contributed by atoms with Crippen LogP contribution in [0, 0.1) is 6.92 Å². The van der Waals surface area contributed by atoms with Crippen molar-refractivity contribution in [2.75, 3.05) is 0 Å². The van der Waals surface area contributed by atoms with Crippen molar-refractivity contribution in [2.24, 2.45) is 0 Å². The van der Waals surface area contributed by atoms with Crippen LogP contribution in [-0.2, 0) is 0 Å². The van der Waals surface area contributed by atoms with Gasteiger partial charge in [-0.05, 0) is 56.2 Å². The Labute approximate surface area is 138 Å². The second-order valence-electron chi connectivity index (χ2n) is 5.90. The van der Waals surface area contributed by atoms with Crippen molar-refractivity contribution in [3.05, 3.63) is 51.7 Å². The van der Waals surface area contributed by atoms with Crippen molar-refractivity contribution < 1.29 is 19.1 Å². The van der Waals surface area contributed by atoms with Crippen molar-refractivity contribution in [1.82, 2.24) is 0 Å². The zero-order chi connectivity index (χ0) is 17.4. The second-order valence-corrected chi connectivity index (χ2v) is 5.90. The Morgan fingerprint density at radius 2 is 2.00 bits per heavy atom. The molecule has 0 fully saturated rings. The predicted molar refractivity (Wildman–Crippen MR) is 92.1 cm³/mol. The molecule has 0 aliphatic rings. The predicted octanol–water partition coefficient (Wildman–Crippen LogP) is 4.13. The van der Waals surface area contributed by atoms with E-state index in [0.29, 0.717) is 22.3 Å². The summed E-state index contributed by atoms with van der Waals surface area (Å²) in [5.74, 6) is -0.475. The molecule has 5 nitrogen and oxygen atoms in total. The summed E-state index contributed by atoms with van der Waals surface area (Å²) < 4.78 is 11.6. The molecule has 0 amide bonds. The van der Waals surface area contributed by atoms with Crippen LogP contribution in [0.4, 0.5) is 0 Å². The van der Waals surface area contributed by atoms with Crippen molar-refractivity contribution in [3.8, 4) is 5.75 Å². The van der Waals surface area contributed by atoms with E-state index in [-0.39, 0.29) is 22.5 Å². The van der Waals surface area contributed by atoms with Gasteiger partial charge in [-0.3, -0.25) is 4.79 Å². The number of hydrogen-bond donors (Lipinski definition) is 1. The molecule has 3 rings (SSSR count). The van der Waals surface area contributed by atoms with Gasteiger partial charge in [-0.2, -0.15) is 0 Å². The third-order valence-corrected chi connectivity index (χ3v) is 4.09. The van der Waals surface area contributed by atoms with Crippen LogP contribution in [0.15, 0.2) is 39.5 Å². The number of rotatable bonds is 4. The number of ether oxygens (including phenoxy) is 1. The number of benzene rings is 2. The Hall–Kier alpha value is -2.82. The lowest BCUT2D eigenvalue weighted by Gasteiger charge is -2.14. The minimum absolute atomic E-state index is 0.0351. The van der Waals surface area contributed by atoms with Crippen LogP contribution in [-0.4, -0.2) is 17.2 Å². The molecule has 0 radical (unpaired) electrons. The normalized spacial score (nSPS) is 12.5. The van der Waals surface area contributed by atoms with Gasteiger partial charge in [0.05, 0.1) is 22.4 Å². The lowest BCUT2D eigenvalue weighted by Crippen LogP contribution is -2.11. The summed E-state index contributed by atoms with van der Waals surface area (Å²) in [5, 5.41) is 9.75. The van der Waals surface area contributed by atoms with Crippen molar-refractivity contribution in [1.29, 1.82) is 0 Å². The van der Waals surface area contributed by atoms with Crippen molar-refractivity contribution in [2.45, 2.75) is 33.3 Å². The van der Waals surface area contributed by atoms with Gasteiger partial charge in [-0.25, -0.2) is 4.79 Å². The number of carbonyl (C=O) groups is 1. The van der Waals surface area contributed by atoms with Crippen LogP contribution >= 0.6 is 0 Å². The van der Waals surface area contributed by atoms with Crippen LogP contribution in [0.3, 0.4) is 0 Å². The highest BCUT2D eigenvalue weighted by molar-refractivity contribution is 5.96. The lowest BCUT2D eigenvalue weighted by atomic mass is 10.1. The van der Waals surface area contributed by atoms with E-state index in [2.05, 4.69) is 0 Å². The van der Waals surface area contributed by atoms with Crippen LogP contribution in [0.5, 0.6) is 5.75 Å². The Kier molecular flexibility index (Phi) is 4.01. The largest absolute Gasteiger partial charge is 0.491 e. The second kappa shape index (κ2) is 6.00. The van der Waals surface area contributed by atoms with Crippen LogP contribution < -0.4 is 10.2 Å². The molecule has 2 aromatic carbocycles. The standard InChI is InChI=1S/C19H18O5/c1-4-11(3)23-13-7-10(2)18-15(9-13)17(20)14-8-12(19(21)22)5-6-16(14)24-18/h5-9,11H,4H2,1-3H3,(H,21,22). The van der Waals surface area contributed by atoms with E-state index in [4.69, 9.17) is 14.3 Å². The average molecular weight is 326 g/mol. The van der Waals surface area contributed by atoms with Crippen molar-refractivity contribution >= 4 is 27.9 Å². The first-order chi connectivity index (χ1) is 11.4. The molecule has 0 aliphatic carbocycles. The molecule has 24 heavy (non-hydrogen) atoms. The summed E-state index contributed by atoms with van der Waals surface area (Å²) in [5.41, 5.74) is 1.46. The van der Waals surface area contributed by atoms with E-state index >= 15 is 0 Å². The molecule has 124 valence electrons. The van der Waals surface area contributed by atoms with Gasteiger partial charge in [-0.1, -0.05) is 6.92 Å². The average Bonchev–Trinajstić information content (AvgIpc) is 2.55. The van der Waals surface area contributed by atoms with Gasteiger partial charge < -0.3 is 14.3 Å². The van der Waals surface area contributed by atoms with Crippen LogP contribution in [0.2, 0.25) is 0 Å². The molecule has 0 saturated heterocycles. The van der Waals surface area contributed by atoms with Gasteiger partial charge in [0, 0.05) is 0 Å². The number of aromatic carboxylic acids is 1. The van der Waals surface area contributed by atoms with E-state index in [9.17, 15) is 9.59 Å². The van der Waals surface area contributed by atoms with Gasteiger partial charge in [0.1, 0.15) is 16.9 Å². The zero-order valence-electron chi connectivity index (χ0n) is 13.8. The monoisotopic (exact) mass is 326 g/mol. The fourth-order valence-electron chi connectivity index (χ4n) is 2.61. The number of fused-ring (bicyclic) bond motifs is 2. The minimum Gasteiger partial charge on any atom is -0.491 e. The Morgan fingerprint density at radius 3 is 2.67 bits per heavy atom. The third-order valence-electron chi connectivity index (χ3n) is 4.09. The maximum Gasteiger partial charge on any atom is 0.335 e. The summed E-state index contributed by atoms with van der Waals surface area (Å²) in [6.07, 6.45) is 0.888. The molecule has 1 atom stereocenters. The third kappa shape index (κ3) is 2.73. The molecular weight excluding hydrogens is 308 g/mol. The summed E-state index contributed by atoms with van der Waals surface area (Å²) in [7, 11) is 0. The summed E-state index contributed by atoms with van der Waals surface area (Å²) >= 11 is 0. The molecule has 1 aromatic heterocycles. The fourth-order valence-corrected chi connectivity index (χ4v) is 2.61. The highest BCUT2D eigenvalue weighted by Gasteiger charge is 2.14. The van der Waals surface area contributed by atoms with E-state index in [1.165, 1.54) is 18.2 Å². The summed E-state index contributed by atoms with van der Waals surface area (Å²) in [6.45, 7) is 5.83. The van der Waals surface area contributed by atoms with Crippen LogP contribution in [0.1, 0.15) is 36.2 Å². The maximum absolute atomic E-state index is 12.8. The molecule has 3 aromatic rings. The quantitative estimate of drug-likeness (QED) is 0.729. The van der Waals surface area contributed by atoms with Gasteiger partial charge in [0.15, 0.2) is 0 Å². The van der Waals surface area contributed by atoms with Gasteiger partial charge in [-0.15, -0.1) is 0 Å². The molecule has 0 spiro atoms. The zero-order valence-corrected chi connectivity index (χ0v) is 13.8. The first-order valence-corrected chi connectivity index (χ1v) is 7.82. The molecule has 1 unspecified atom stereocenters. The topological polar surface area (TPSA) is 76.7 Å². The summed E-state index contributed by atoms with van der Waals surface area (Å²) in [6, 6.07) is 7.79. The number of aryl methyl sites for hydroxylation is 1. The number of carboxylic acids is 1. The molecule has 0 saturated carbocycles. The highest BCUT2D eigenvalue weighted by Crippen LogP contribution is 2.27. The molecule has 1 N–H and O–H groups in total. The molecule has 5 heteroatoms. The SMILES string of the molecule is CCC(C)Oc1cc(C)c2oc3ccc(C(=O)O)cc3c(=O)c2c1. The molecular formula is C19H18O5. The Morgan fingerprint density at radius 1 is 1.25 bits per heavy atom. The lowest BCUT2D eigenvalue weighted by molar-refractivity contribution is 0.0697. The molecule has 1 heterocycles. The molecule has 0 bridgehead atoms. The van der Waals surface area contributed by atoms with E-state index in [1.807, 2.05) is 26.8 Å². The van der Waals surface area contributed by atoms with Gasteiger partial charge in [0.2, 0.25) is 5.43 Å². The highest BCUT2D eigenvalue weighted by atomic mass is 16.5. The van der Waals surface area contributed by atoms with E-state index < -0.39 is 5.97 Å². The Bertz CT molecular complexity index is 1000. The van der Waals surface area contributed by atoms with Gasteiger partial charge >= 0.3 is 5.97 Å². The minimum atomic E-state index is -1.08. The first-order valence-electron chi connectivity index (χ1n) is 7.82. The summed E-state index contributed by atoms with van der Waals surface area (Å²) in [4.78, 5) is 23.9. The first kappa shape index (κ1) is 16.1. The number of carboxylic acid groups (broad SMARTS) is 1. The molecule has 0 aliphatic heterocycles.